The zero-order valence-corrected chi connectivity index (χ0v) is 20.5. The van der Waals surface area contributed by atoms with E-state index in [9.17, 15) is 24.3 Å². The number of carboxylic acids is 1. The van der Waals surface area contributed by atoms with Crippen molar-refractivity contribution in [1.29, 1.82) is 0 Å². The molecular weight excluding hydrogens is 480 g/mol. The van der Waals surface area contributed by atoms with Gasteiger partial charge in [0.2, 0.25) is 17.7 Å². The normalized spacial score (nSPS) is 16.7. The first-order valence-corrected chi connectivity index (χ1v) is 12.1. The average Bonchev–Trinajstić information content (AvgIpc) is 3.52. The Morgan fingerprint density at radius 2 is 1.92 bits per heavy atom. The molecular formula is C24H34N8O5. The van der Waals surface area contributed by atoms with Crippen molar-refractivity contribution in [2.24, 2.45) is 22.2 Å². The van der Waals surface area contributed by atoms with E-state index >= 15 is 0 Å². The number of amides is 3. The van der Waals surface area contributed by atoms with Gasteiger partial charge in [0.1, 0.15) is 18.1 Å². The van der Waals surface area contributed by atoms with Crippen LogP contribution in [-0.4, -0.2) is 82.4 Å². The monoisotopic (exact) mass is 514 g/mol. The SMILES string of the molecule is NCC(=O)NC(Cc1c[nH]c2ccccc12)C(=O)N1CCCC1C(=O)NC(CCCN=C(N)N)C(=O)O. The van der Waals surface area contributed by atoms with Crippen molar-refractivity contribution in [3.63, 3.8) is 0 Å². The second-order valence-corrected chi connectivity index (χ2v) is 8.93. The quantitative estimate of drug-likeness (QED) is 0.103. The summed E-state index contributed by atoms with van der Waals surface area (Å²) in [6, 6.07) is 4.64. The molecule has 1 aromatic heterocycles. The zero-order valence-electron chi connectivity index (χ0n) is 20.5. The number of aliphatic carboxylic acids is 1. The molecule has 37 heavy (non-hydrogen) atoms. The minimum atomic E-state index is -1.19. The van der Waals surface area contributed by atoms with Crippen LogP contribution in [0.25, 0.3) is 10.9 Å². The van der Waals surface area contributed by atoms with E-state index in [4.69, 9.17) is 17.2 Å². The number of carboxylic acid groups (broad SMARTS) is 1. The molecule has 1 saturated heterocycles. The summed E-state index contributed by atoms with van der Waals surface area (Å²) >= 11 is 0. The molecule has 0 radical (unpaired) electrons. The Balaban J connectivity index is 1.73. The van der Waals surface area contributed by atoms with Gasteiger partial charge in [0.25, 0.3) is 0 Å². The molecule has 0 saturated carbocycles. The summed E-state index contributed by atoms with van der Waals surface area (Å²) in [6.07, 6.45) is 3.39. The molecule has 3 atom stereocenters. The smallest absolute Gasteiger partial charge is 0.326 e. The van der Waals surface area contributed by atoms with E-state index in [-0.39, 0.29) is 31.9 Å². The molecule has 2 aromatic rings. The molecule has 1 aliphatic heterocycles. The predicted octanol–water partition coefficient (Wildman–Crippen LogP) is -1.23. The molecule has 13 nitrogen and oxygen atoms in total. The summed E-state index contributed by atoms with van der Waals surface area (Å²) in [4.78, 5) is 58.9. The maximum absolute atomic E-state index is 13.6. The van der Waals surface area contributed by atoms with Gasteiger partial charge >= 0.3 is 5.97 Å². The third kappa shape index (κ3) is 7.19. The lowest BCUT2D eigenvalue weighted by Crippen LogP contribution is -2.56. The Morgan fingerprint density at radius 1 is 1.16 bits per heavy atom. The van der Waals surface area contributed by atoms with E-state index < -0.39 is 41.8 Å². The number of para-hydroxylation sites is 1. The Hall–Kier alpha value is -4.13. The highest BCUT2D eigenvalue weighted by Gasteiger charge is 2.39. The van der Waals surface area contributed by atoms with E-state index in [0.717, 1.165) is 16.5 Å². The fourth-order valence-corrected chi connectivity index (χ4v) is 4.51. The first-order chi connectivity index (χ1) is 17.7. The van der Waals surface area contributed by atoms with Gasteiger partial charge in [-0.2, -0.15) is 0 Å². The molecule has 3 rings (SSSR count). The summed E-state index contributed by atoms with van der Waals surface area (Å²) in [6.45, 7) is 0.246. The molecule has 0 bridgehead atoms. The Morgan fingerprint density at radius 3 is 2.62 bits per heavy atom. The first-order valence-electron chi connectivity index (χ1n) is 12.1. The molecule has 1 aromatic carbocycles. The number of rotatable bonds is 12. The van der Waals surface area contributed by atoms with Crippen LogP contribution >= 0.6 is 0 Å². The number of guanidine groups is 1. The molecule has 200 valence electrons. The van der Waals surface area contributed by atoms with Gasteiger partial charge in [0, 0.05) is 36.6 Å². The summed E-state index contributed by atoms with van der Waals surface area (Å²) in [5.41, 5.74) is 17.8. The van der Waals surface area contributed by atoms with Gasteiger partial charge < -0.3 is 42.8 Å². The van der Waals surface area contributed by atoms with Crippen molar-refractivity contribution in [2.45, 2.75) is 50.2 Å². The van der Waals surface area contributed by atoms with Crippen LogP contribution in [0.5, 0.6) is 0 Å². The standard InChI is InChI=1S/C24H34N8O5/c25-12-20(33)30-18(11-14-13-29-16-6-2-1-5-15(14)16)22(35)32-10-4-8-19(32)21(34)31-17(23(36)37)7-3-9-28-24(26)27/h1-2,5-6,13,17-19,29H,3-4,7-12,25H2,(H,30,33)(H,31,34)(H,36,37)(H4,26,27,28). The number of aromatic amines is 1. The van der Waals surface area contributed by atoms with Crippen LogP contribution in [0.3, 0.4) is 0 Å². The third-order valence-corrected chi connectivity index (χ3v) is 6.32. The highest BCUT2D eigenvalue weighted by atomic mass is 16.4. The Labute approximate surface area is 213 Å². The first kappa shape index (κ1) is 27.5. The molecule has 1 fully saturated rings. The van der Waals surface area contributed by atoms with Gasteiger partial charge in [0.05, 0.1) is 6.54 Å². The zero-order chi connectivity index (χ0) is 26.9. The number of hydrogen-bond donors (Lipinski definition) is 7. The second-order valence-electron chi connectivity index (χ2n) is 8.93. The fourth-order valence-electron chi connectivity index (χ4n) is 4.51. The summed E-state index contributed by atoms with van der Waals surface area (Å²) in [7, 11) is 0. The van der Waals surface area contributed by atoms with Crippen LogP contribution in [0, 0.1) is 0 Å². The predicted molar refractivity (Wildman–Crippen MR) is 137 cm³/mol. The van der Waals surface area contributed by atoms with E-state index in [2.05, 4.69) is 20.6 Å². The van der Waals surface area contributed by atoms with Crippen molar-refractivity contribution in [3.8, 4) is 0 Å². The number of nitrogens with zero attached hydrogens (tertiary/aromatic N) is 2. The Kier molecular flexibility index (Phi) is 9.44. The van der Waals surface area contributed by atoms with Crippen molar-refractivity contribution in [3.05, 3.63) is 36.0 Å². The van der Waals surface area contributed by atoms with Crippen molar-refractivity contribution in [1.82, 2.24) is 20.5 Å². The van der Waals surface area contributed by atoms with E-state index in [1.54, 1.807) is 6.20 Å². The molecule has 2 heterocycles. The van der Waals surface area contributed by atoms with E-state index in [1.165, 1.54) is 4.90 Å². The topological polar surface area (TPSA) is 222 Å². The van der Waals surface area contributed by atoms with Gasteiger partial charge in [-0.1, -0.05) is 18.2 Å². The number of aliphatic imine (C=N–C) groups is 1. The molecule has 13 heteroatoms. The van der Waals surface area contributed by atoms with Gasteiger partial charge in [-0.25, -0.2) is 4.79 Å². The van der Waals surface area contributed by atoms with Crippen LogP contribution in [0.2, 0.25) is 0 Å². The summed E-state index contributed by atoms with van der Waals surface area (Å²) < 4.78 is 0. The minimum Gasteiger partial charge on any atom is -0.480 e. The second kappa shape index (κ2) is 12.7. The lowest BCUT2D eigenvalue weighted by Gasteiger charge is -2.29. The van der Waals surface area contributed by atoms with Gasteiger partial charge in [-0.3, -0.25) is 19.4 Å². The highest BCUT2D eigenvalue weighted by molar-refractivity contribution is 5.94. The van der Waals surface area contributed by atoms with Gasteiger partial charge in [-0.05, 0) is 37.3 Å². The largest absolute Gasteiger partial charge is 0.480 e. The number of carbonyl (C=O) groups is 4. The number of nitrogens with two attached hydrogens (primary N) is 3. The molecule has 3 amide bonds. The molecule has 0 aliphatic carbocycles. The average molecular weight is 515 g/mol. The van der Waals surface area contributed by atoms with E-state index in [1.807, 2.05) is 24.3 Å². The third-order valence-electron chi connectivity index (χ3n) is 6.32. The fraction of sp³-hybridized carbons (Fsp3) is 0.458. The maximum Gasteiger partial charge on any atom is 0.326 e. The number of nitrogens with one attached hydrogen (secondary N) is 3. The molecule has 3 unspecified atom stereocenters. The van der Waals surface area contributed by atoms with Crippen molar-refractivity contribution >= 4 is 40.6 Å². The summed E-state index contributed by atoms with van der Waals surface area (Å²) in [5, 5.41) is 15.7. The number of fused-ring (bicyclic) bond motifs is 1. The summed E-state index contributed by atoms with van der Waals surface area (Å²) in [5.74, 6) is -2.77. The van der Waals surface area contributed by atoms with Crippen molar-refractivity contribution in [2.75, 3.05) is 19.6 Å². The van der Waals surface area contributed by atoms with Gasteiger partial charge in [-0.15, -0.1) is 0 Å². The maximum atomic E-state index is 13.6. The molecule has 0 spiro atoms. The van der Waals surface area contributed by atoms with E-state index in [0.29, 0.717) is 25.8 Å². The minimum absolute atomic E-state index is 0.0973. The molecule has 1 aliphatic rings. The molecule has 10 N–H and O–H groups in total. The number of H-pyrrole nitrogens is 1. The highest BCUT2D eigenvalue weighted by Crippen LogP contribution is 2.23. The van der Waals surface area contributed by atoms with Gasteiger partial charge in [0.15, 0.2) is 5.96 Å². The van der Waals surface area contributed by atoms with Crippen molar-refractivity contribution < 1.29 is 24.3 Å². The number of likely N-dealkylation sites (tertiary alicyclic amines) is 1. The lowest BCUT2D eigenvalue weighted by atomic mass is 10.0. The number of aromatic nitrogens is 1. The number of hydrogen-bond acceptors (Lipinski definition) is 6. The van der Waals surface area contributed by atoms with Crippen LogP contribution in [0.1, 0.15) is 31.2 Å². The number of benzene rings is 1. The van der Waals surface area contributed by atoms with Crippen LogP contribution in [0.15, 0.2) is 35.5 Å². The van der Waals surface area contributed by atoms with Crippen LogP contribution in [-0.2, 0) is 25.6 Å². The lowest BCUT2D eigenvalue weighted by molar-refractivity contribution is -0.145. The van der Waals surface area contributed by atoms with Crippen LogP contribution < -0.4 is 27.8 Å². The Bertz CT molecular complexity index is 1160. The van der Waals surface area contributed by atoms with Crippen LogP contribution in [0.4, 0.5) is 0 Å². The number of carbonyl (C=O) groups excluding carboxylic acids is 3.